The van der Waals surface area contributed by atoms with Crippen molar-refractivity contribution in [3.63, 3.8) is 0 Å². The number of hydrogen-bond donors (Lipinski definition) is 1. The summed E-state index contributed by atoms with van der Waals surface area (Å²) in [5.74, 6) is 1.45. The predicted molar refractivity (Wildman–Crippen MR) is 111 cm³/mol. The Labute approximate surface area is 171 Å². The first-order valence-electron chi connectivity index (χ1n) is 9.12. The average Bonchev–Trinajstić information content (AvgIpc) is 3.37. The Morgan fingerprint density at radius 2 is 1.86 bits per heavy atom. The second kappa shape index (κ2) is 6.86. The lowest BCUT2D eigenvalue weighted by Crippen LogP contribution is -1.97. The molecule has 0 aliphatic heterocycles. The standard InChI is InChI=1S/C21H17ClN6O/c1-12-7-16(8-13(2)18(12)22)29-10-14-3-5-15(6-4-14)19-25-21-17-9-24-26-20(17)23-11-28(21)27-19/h3-9,11H,10H2,1-2H3,(H,24,26). The zero-order chi connectivity index (χ0) is 20.0. The molecule has 0 amide bonds. The van der Waals surface area contributed by atoms with E-state index in [0.717, 1.165) is 44.1 Å². The number of ether oxygens (including phenoxy) is 1. The van der Waals surface area contributed by atoms with Gasteiger partial charge in [-0.1, -0.05) is 35.9 Å². The molecule has 0 saturated carbocycles. The maximum atomic E-state index is 6.22. The molecule has 5 rings (SSSR count). The van der Waals surface area contributed by atoms with E-state index in [-0.39, 0.29) is 0 Å². The quantitative estimate of drug-likeness (QED) is 0.476. The van der Waals surface area contributed by atoms with E-state index < -0.39 is 0 Å². The fourth-order valence-electron chi connectivity index (χ4n) is 3.27. The van der Waals surface area contributed by atoms with Crippen LogP contribution in [0, 0.1) is 13.8 Å². The number of H-pyrrole nitrogens is 1. The summed E-state index contributed by atoms with van der Waals surface area (Å²) in [6.45, 7) is 4.43. The van der Waals surface area contributed by atoms with E-state index in [1.54, 1.807) is 17.0 Å². The van der Waals surface area contributed by atoms with E-state index in [0.29, 0.717) is 18.1 Å². The number of aryl methyl sites for hydroxylation is 2. The third kappa shape index (κ3) is 3.19. The highest BCUT2D eigenvalue weighted by atomic mass is 35.5. The summed E-state index contributed by atoms with van der Waals surface area (Å²) in [4.78, 5) is 8.92. The molecule has 8 heteroatoms. The van der Waals surface area contributed by atoms with E-state index in [4.69, 9.17) is 16.3 Å². The van der Waals surface area contributed by atoms with Crippen molar-refractivity contribution in [1.82, 2.24) is 29.8 Å². The van der Waals surface area contributed by atoms with E-state index >= 15 is 0 Å². The zero-order valence-corrected chi connectivity index (χ0v) is 16.6. The molecule has 29 heavy (non-hydrogen) atoms. The van der Waals surface area contributed by atoms with Crippen molar-refractivity contribution < 1.29 is 4.74 Å². The second-order valence-corrected chi connectivity index (χ2v) is 7.32. The van der Waals surface area contributed by atoms with Gasteiger partial charge in [-0.15, -0.1) is 5.10 Å². The summed E-state index contributed by atoms with van der Waals surface area (Å²) < 4.78 is 7.59. The molecule has 3 heterocycles. The third-order valence-electron chi connectivity index (χ3n) is 4.82. The van der Waals surface area contributed by atoms with Gasteiger partial charge in [-0.3, -0.25) is 5.10 Å². The number of fused-ring (bicyclic) bond motifs is 3. The highest BCUT2D eigenvalue weighted by Crippen LogP contribution is 2.27. The number of halogens is 1. The fraction of sp³-hybridized carbons (Fsp3) is 0.143. The summed E-state index contributed by atoms with van der Waals surface area (Å²) in [6.07, 6.45) is 3.33. The lowest BCUT2D eigenvalue weighted by Gasteiger charge is -2.10. The van der Waals surface area contributed by atoms with E-state index in [1.807, 2.05) is 50.2 Å². The molecule has 0 bridgehead atoms. The van der Waals surface area contributed by atoms with Crippen molar-refractivity contribution in [3.05, 3.63) is 70.6 Å². The molecule has 2 aromatic carbocycles. The van der Waals surface area contributed by atoms with Gasteiger partial charge < -0.3 is 4.74 Å². The Kier molecular flexibility index (Phi) is 4.17. The molecular formula is C21H17ClN6O. The number of nitrogens with zero attached hydrogens (tertiary/aromatic N) is 5. The first-order valence-corrected chi connectivity index (χ1v) is 9.49. The smallest absolute Gasteiger partial charge is 0.182 e. The average molecular weight is 405 g/mol. The van der Waals surface area contributed by atoms with Crippen LogP contribution in [0.25, 0.3) is 28.1 Å². The Hall–Kier alpha value is -3.45. The number of benzene rings is 2. The Balaban J connectivity index is 1.37. The van der Waals surface area contributed by atoms with Gasteiger partial charge in [0.05, 0.1) is 11.6 Å². The molecule has 0 spiro atoms. The van der Waals surface area contributed by atoms with Crippen LogP contribution < -0.4 is 4.74 Å². The predicted octanol–water partition coefficient (Wildman–Crippen LogP) is 4.52. The summed E-state index contributed by atoms with van der Waals surface area (Å²) in [7, 11) is 0. The van der Waals surface area contributed by atoms with Gasteiger partial charge in [0.2, 0.25) is 0 Å². The molecule has 0 aliphatic carbocycles. The SMILES string of the molecule is Cc1cc(OCc2ccc(-c3nc4c5cn[nH]c5ncn4n3)cc2)cc(C)c1Cl. The number of rotatable bonds is 4. The summed E-state index contributed by atoms with van der Waals surface area (Å²) in [5.41, 5.74) is 5.41. The molecule has 0 radical (unpaired) electrons. The molecule has 3 aromatic heterocycles. The lowest BCUT2D eigenvalue weighted by molar-refractivity contribution is 0.306. The van der Waals surface area contributed by atoms with Crippen LogP contribution in [0.2, 0.25) is 5.02 Å². The van der Waals surface area contributed by atoms with Crippen LogP contribution in [0.1, 0.15) is 16.7 Å². The molecule has 7 nitrogen and oxygen atoms in total. The maximum absolute atomic E-state index is 6.22. The molecule has 0 fully saturated rings. The van der Waals surface area contributed by atoms with Gasteiger partial charge in [-0.2, -0.15) is 5.10 Å². The van der Waals surface area contributed by atoms with Gasteiger partial charge in [-0.05, 0) is 42.7 Å². The van der Waals surface area contributed by atoms with E-state index in [1.165, 1.54) is 0 Å². The van der Waals surface area contributed by atoms with Crippen LogP contribution in [0.4, 0.5) is 0 Å². The lowest BCUT2D eigenvalue weighted by atomic mass is 10.1. The van der Waals surface area contributed by atoms with Gasteiger partial charge >= 0.3 is 0 Å². The highest BCUT2D eigenvalue weighted by molar-refractivity contribution is 6.32. The second-order valence-electron chi connectivity index (χ2n) is 6.94. The minimum Gasteiger partial charge on any atom is -0.489 e. The van der Waals surface area contributed by atoms with Crippen LogP contribution in [0.15, 0.2) is 48.9 Å². The molecule has 0 saturated heterocycles. The van der Waals surface area contributed by atoms with Crippen molar-refractivity contribution in [2.24, 2.45) is 0 Å². The zero-order valence-electron chi connectivity index (χ0n) is 15.8. The minimum absolute atomic E-state index is 0.471. The normalized spacial score (nSPS) is 11.4. The Morgan fingerprint density at radius 3 is 2.62 bits per heavy atom. The van der Waals surface area contributed by atoms with Crippen LogP contribution >= 0.6 is 11.6 Å². The van der Waals surface area contributed by atoms with Crippen molar-refractivity contribution in [2.75, 3.05) is 0 Å². The van der Waals surface area contributed by atoms with Gasteiger partial charge in [0, 0.05) is 10.6 Å². The third-order valence-corrected chi connectivity index (χ3v) is 5.41. The first kappa shape index (κ1) is 17.6. The van der Waals surface area contributed by atoms with E-state index in [9.17, 15) is 0 Å². The largest absolute Gasteiger partial charge is 0.489 e. The molecule has 0 aliphatic rings. The molecule has 5 aromatic rings. The van der Waals surface area contributed by atoms with Gasteiger partial charge in [0.15, 0.2) is 17.1 Å². The topological polar surface area (TPSA) is 81.0 Å². The summed E-state index contributed by atoms with van der Waals surface area (Å²) >= 11 is 6.22. The van der Waals surface area contributed by atoms with Crippen molar-refractivity contribution >= 4 is 28.3 Å². The van der Waals surface area contributed by atoms with Gasteiger partial charge in [-0.25, -0.2) is 14.5 Å². The highest BCUT2D eigenvalue weighted by Gasteiger charge is 2.11. The Bertz CT molecular complexity index is 1320. The van der Waals surface area contributed by atoms with Gasteiger partial charge in [0.25, 0.3) is 0 Å². The monoisotopic (exact) mass is 404 g/mol. The molecule has 0 unspecified atom stereocenters. The number of hydrogen-bond acceptors (Lipinski definition) is 5. The van der Waals surface area contributed by atoms with Crippen molar-refractivity contribution in [2.45, 2.75) is 20.5 Å². The van der Waals surface area contributed by atoms with Crippen LogP contribution in [0.5, 0.6) is 5.75 Å². The first-order chi connectivity index (χ1) is 14.1. The summed E-state index contributed by atoms with van der Waals surface area (Å²) in [6, 6.07) is 11.9. The van der Waals surface area contributed by atoms with Crippen LogP contribution in [0.3, 0.4) is 0 Å². The molecular weight excluding hydrogens is 388 g/mol. The number of aromatic nitrogens is 6. The summed E-state index contributed by atoms with van der Waals surface area (Å²) in [5, 5.41) is 13.0. The fourth-order valence-corrected chi connectivity index (χ4v) is 3.38. The number of aromatic amines is 1. The Morgan fingerprint density at radius 1 is 1.10 bits per heavy atom. The van der Waals surface area contributed by atoms with Crippen molar-refractivity contribution in [3.8, 4) is 17.1 Å². The van der Waals surface area contributed by atoms with Gasteiger partial charge in [0.1, 0.15) is 18.7 Å². The van der Waals surface area contributed by atoms with Crippen molar-refractivity contribution in [1.29, 1.82) is 0 Å². The molecule has 1 N–H and O–H groups in total. The molecule has 144 valence electrons. The van der Waals surface area contributed by atoms with Crippen LogP contribution in [-0.2, 0) is 6.61 Å². The number of nitrogens with one attached hydrogen (secondary N) is 1. The minimum atomic E-state index is 0.471. The van der Waals surface area contributed by atoms with Crippen LogP contribution in [-0.4, -0.2) is 29.8 Å². The molecule has 0 atom stereocenters. The maximum Gasteiger partial charge on any atom is 0.182 e. The van der Waals surface area contributed by atoms with E-state index in [2.05, 4.69) is 25.3 Å².